The van der Waals surface area contributed by atoms with Gasteiger partial charge in [-0.1, -0.05) is 18.0 Å². The molecule has 0 aromatic heterocycles. The Morgan fingerprint density at radius 2 is 1.95 bits per heavy atom. The number of piperidine rings is 1. The number of aliphatic hydroxyl groups is 1. The van der Waals surface area contributed by atoms with E-state index < -0.39 is 6.10 Å². The Balaban J connectivity index is 2.09. The standard InChI is InChI=1S/C16H23ClFNO/c1-16(2,19-8-4-3-5-9-19)15(20)11-12-10-13(18)6-7-14(12)17/h6-7,10,15,20H,3-5,8-9,11H2,1-2H3. The number of halogens is 2. The second kappa shape index (κ2) is 6.42. The van der Waals surface area contributed by atoms with Crippen LogP contribution in [0.3, 0.4) is 0 Å². The fraction of sp³-hybridized carbons (Fsp3) is 0.625. The third-order valence-electron chi connectivity index (χ3n) is 4.41. The molecule has 2 nitrogen and oxygen atoms in total. The molecular weight excluding hydrogens is 277 g/mol. The van der Waals surface area contributed by atoms with Crippen LogP contribution in [0.15, 0.2) is 18.2 Å². The van der Waals surface area contributed by atoms with Crippen molar-refractivity contribution in [2.24, 2.45) is 0 Å². The minimum absolute atomic E-state index is 0.313. The van der Waals surface area contributed by atoms with Gasteiger partial charge >= 0.3 is 0 Å². The number of likely N-dealkylation sites (tertiary alicyclic amines) is 1. The molecular formula is C16H23ClFNO. The SMILES string of the molecule is CC(C)(C(O)Cc1cc(F)ccc1Cl)N1CCCCC1. The number of aliphatic hydroxyl groups excluding tert-OH is 1. The maximum Gasteiger partial charge on any atom is 0.123 e. The van der Waals surface area contributed by atoms with Crippen molar-refractivity contribution in [3.05, 3.63) is 34.6 Å². The summed E-state index contributed by atoms with van der Waals surface area (Å²) in [7, 11) is 0. The Morgan fingerprint density at radius 3 is 2.60 bits per heavy atom. The van der Waals surface area contributed by atoms with Crippen molar-refractivity contribution < 1.29 is 9.50 Å². The molecule has 0 saturated carbocycles. The summed E-state index contributed by atoms with van der Waals surface area (Å²) in [4.78, 5) is 2.33. The van der Waals surface area contributed by atoms with Crippen molar-refractivity contribution in [2.75, 3.05) is 13.1 Å². The lowest BCUT2D eigenvalue weighted by Crippen LogP contribution is -2.54. The first-order valence-corrected chi connectivity index (χ1v) is 7.66. The van der Waals surface area contributed by atoms with E-state index in [9.17, 15) is 9.50 Å². The maximum atomic E-state index is 13.3. The van der Waals surface area contributed by atoms with E-state index in [1.54, 1.807) is 6.07 Å². The van der Waals surface area contributed by atoms with Crippen molar-refractivity contribution in [1.82, 2.24) is 4.90 Å². The topological polar surface area (TPSA) is 23.5 Å². The maximum absolute atomic E-state index is 13.3. The van der Waals surface area contributed by atoms with E-state index in [1.807, 2.05) is 0 Å². The first-order valence-electron chi connectivity index (χ1n) is 7.28. The van der Waals surface area contributed by atoms with Gasteiger partial charge in [-0.05, 0) is 63.5 Å². The van der Waals surface area contributed by atoms with Gasteiger partial charge in [0.25, 0.3) is 0 Å². The molecule has 0 bridgehead atoms. The van der Waals surface area contributed by atoms with Crippen molar-refractivity contribution in [3.8, 4) is 0 Å². The quantitative estimate of drug-likeness (QED) is 0.917. The molecule has 2 rings (SSSR count). The van der Waals surface area contributed by atoms with Crippen LogP contribution in [0.5, 0.6) is 0 Å². The van der Waals surface area contributed by atoms with E-state index in [0.717, 1.165) is 13.1 Å². The van der Waals surface area contributed by atoms with Gasteiger partial charge in [0.05, 0.1) is 6.10 Å². The summed E-state index contributed by atoms with van der Waals surface area (Å²) in [5.41, 5.74) is 0.347. The van der Waals surface area contributed by atoms with Gasteiger partial charge in [0.1, 0.15) is 5.82 Å². The second-order valence-corrected chi connectivity index (χ2v) is 6.56. The van der Waals surface area contributed by atoms with Gasteiger partial charge in [0.15, 0.2) is 0 Å². The Hall–Kier alpha value is -0.640. The van der Waals surface area contributed by atoms with E-state index in [4.69, 9.17) is 11.6 Å². The molecule has 0 radical (unpaired) electrons. The molecule has 1 saturated heterocycles. The molecule has 1 unspecified atom stereocenters. The van der Waals surface area contributed by atoms with Crippen LogP contribution in [0.25, 0.3) is 0 Å². The Bertz CT molecular complexity index is 458. The minimum atomic E-state index is -0.570. The molecule has 1 N–H and O–H groups in total. The van der Waals surface area contributed by atoms with Crippen LogP contribution in [0, 0.1) is 5.82 Å². The zero-order valence-corrected chi connectivity index (χ0v) is 13.0. The molecule has 1 atom stereocenters. The largest absolute Gasteiger partial charge is 0.391 e. The van der Waals surface area contributed by atoms with Crippen molar-refractivity contribution in [3.63, 3.8) is 0 Å². The van der Waals surface area contributed by atoms with Crippen LogP contribution in [0.1, 0.15) is 38.7 Å². The zero-order valence-electron chi connectivity index (χ0n) is 12.2. The zero-order chi connectivity index (χ0) is 14.8. The summed E-state index contributed by atoms with van der Waals surface area (Å²) >= 11 is 6.08. The van der Waals surface area contributed by atoms with Crippen LogP contribution in [-0.4, -0.2) is 34.7 Å². The molecule has 1 aromatic rings. The molecule has 4 heteroatoms. The number of rotatable bonds is 4. The highest BCUT2D eigenvalue weighted by Crippen LogP contribution is 2.28. The predicted molar refractivity (Wildman–Crippen MR) is 80.6 cm³/mol. The van der Waals surface area contributed by atoms with Crippen molar-refractivity contribution in [1.29, 1.82) is 0 Å². The third kappa shape index (κ3) is 3.51. The molecule has 1 heterocycles. The highest BCUT2D eigenvalue weighted by molar-refractivity contribution is 6.31. The van der Waals surface area contributed by atoms with E-state index in [0.29, 0.717) is 17.0 Å². The lowest BCUT2D eigenvalue weighted by molar-refractivity contribution is -0.0187. The molecule has 0 amide bonds. The lowest BCUT2D eigenvalue weighted by Gasteiger charge is -2.44. The summed E-state index contributed by atoms with van der Waals surface area (Å²) in [6, 6.07) is 4.30. The second-order valence-electron chi connectivity index (χ2n) is 6.16. The number of hydrogen-bond acceptors (Lipinski definition) is 2. The molecule has 1 aromatic carbocycles. The molecule has 1 aliphatic rings. The van der Waals surface area contributed by atoms with Gasteiger partial charge < -0.3 is 5.11 Å². The molecule has 20 heavy (non-hydrogen) atoms. The van der Waals surface area contributed by atoms with Gasteiger partial charge in [0.2, 0.25) is 0 Å². The lowest BCUT2D eigenvalue weighted by atomic mass is 9.88. The Kier molecular flexibility index (Phi) is 5.05. The fourth-order valence-corrected chi connectivity index (χ4v) is 3.03. The fourth-order valence-electron chi connectivity index (χ4n) is 2.84. The predicted octanol–water partition coefficient (Wildman–Crippen LogP) is 3.65. The van der Waals surface area contributed by atoms with Gasteiger partial charge in [-0.25, -0.2) is 4.39 Å². The first kappa shape index (κ1) is 15.7. The molecule has 112 valence electrons. The summed E-state index contributed by atoms with van der Waals surface area (Å²) in [5.74, 6) is -0.313. The summed E-state index contributed by atoms with van der Waals surface area (Å²) in [5, 5.41) is 11.1. The molecule has 1 aliphatic heterocycles. The minimum Gasteiger partial charge on any atom is -0.391 e. The summed E-state index contributed by atoms with van der Waals surface area (Å²) < 4.78 is 13.3. The average molecular weight is 300 g/mol. The van der Waals surface area contributed by atoms with E-state index in [-0.39, 0.29) is 11.4 Å². The number of hydrogen-bond donors (Lipinski definition) is 1. The Morgan fingerprint density at radius 1 is 1.30 bits per heavy atom. The van der Waals surface area contributed by atoms with E-state index >= 15 is 0 Å². The summed E-state index contributed by atoms with van der Waals surface area (Å²) in [6.45, 7) is 6.13. The normalized spacial score (nSPS) is 19.1. The van der Waals surface area contributed by atoms with Crippen LogP contribution in [0.4, 0.5) is 4.39 Å². The smallest absolute Gasteiger partial charge is 0.123 e. The van der Waals surface area contributed by atoms with Crippen LogP contribution < -0.4 is 0 Å². The van der Waals surface area contributed by atoms with Crippen LogP contribution in [-0.2, 0) is 6.42 Å². The van der Waals surface area contributed by atoms with Gasteiger partial charge in [0, 0.05) is 17.0 Å². The highest BCUT2D eigenvalue weighted by Gasteiger charge is 2.35. The third-order valence-corrected chi connectivity index (χ3v) is 4.78. The van der Waals surface area contributed by atoms with E-state index in [2.05, 4.69) is 18.7 Å². The molecule has 0 spiro atoms. The Labute approximate surface area is 125 Å². The molecule has 0 aliphatic carbocycles. The number of benzene rings is 1. The van der Waals surface area contributed by atoms with Gasteiger partial charge in [-0.3, -0.25) is 4.90 Å². The number of nitrogens with zero attached hydrogens (tertiary/aromatic N) is 1. The summed E-state index contributed by atoms with van der Waals surface area (Å²) in [6.07, 6.45) is 3.42. The van der Waals surface area contributed by atoms with Crippen LogP contribution in [0.2, 0.25) is 5.02 Å². The van der Waals surface area contributed by atoms with Gasteiger partial charge in [-0.2, -0.15) is 0 Å². The average Bonchev–Trinajstić information content (AvgIpc) is 2.43. The monoisotopic (exact) mass is 299 g/mol. The first-order chi connectivity index (χ1) is 9.41. The van der Waals surface area contributed by atoms with Crippen LogP contribution >= 0.6 is 11.6 Å². The highest BCUT2D eigenvalue weighted by atomic mass is 35.5. The van der Waals surface area contributed by atoms with Gasteiger partial charge in [-0.15, -0.1) is 0 Å². The van der Waals surface area contributed by atoms with Crippen molar-refractivity contribution >= 4 is 11.6 Å². The molecule has 1 fully saturated rings. The van der Waals surface area contributed by atoms with E-state index in [1.165, 1.54) is 31.4 Å². The van der Waals surface area contributed by atoms with Crippen molar-refractivity contribution in [2.45, 2.75) is 51.2 Å².